The van der Waals surface area contributed by atoms with Crippen molar-refractivity contribution in [2.75, 3.05) is 4.90 Å². The number of rotatable bonds is 8. The van der Waals surface area contributed by atoms with Gasteiger partial charge >= 0.3 is 0 Å². The maximum absolute atomic E-state index is 6.57. The van der Waals surface area contributed by atoms with Crippen LogP contribution in [0.3, 0.4) is 0 Å². The summed E-state index contributed by atoms with van der Waals surface area (Å²) >= 11 is 0. The van der Waals surface area contributed by atoms with E-state index in [-0.39, 0.29) is 6.17 Å². The number of benzene rings is 8. The predicted octanol–water partition coefficient (Wildman–Crippen LogP) is 12.9. The molecule has 1 aliphatic heterocycles. The zero-order chi connectivity index (χ0) is 37.3. The normalized spacial score (nSPS) is 13.9. The van der Waals surface area contributed by atoms with E-state index < -0.39 is 0 Å². The molecule has 0 saturated heterocycles. The fraction of sp³-hybridized carbons (Fsp3) is 0.0196. The van der Waals surface area contributed by atoms with Crippen molar-refractivity contribution in [2.45, 2.75) is 6.17 Å². The summed E-state index contributed by atoms with van der Waals surface area (Å²) in [7, 11) is 0. The number of aliphatic imine (C=N–C) groups is 2. The number of fused-ring (bicyclic) bond motifs is 3. The van der Waals surface area contributed by atoms with Crippen LogP contribution < -0.4 is 10.2 Å². The second kappa shape index (κ2) is 14.4. The lowest BCUT2D eigenvalue weighted by molar-refractivity contribution is 0.667. The number of para-hydroxylation sites is 2. The van der Waals surface area contributed by atoms with Gasteiger partial charge in [-0.25, -0.2) is 9.98 Å². The summed E-state index contributed by atoms with van der Waals surface area (Å²) in [5.74, 6) is 1.42. The smallest absolute Gasteiger partial charge is 0.159 e. The van der Waals surface area contributed by atoms with E-state index in [4.69, 9.17) is 14.4 Å². The van der Waals surface area contributed by atoms with Crippen molar-refractivity contribution in [3.8, 4) is 22.3 Å². The van der Waals surface area contributed by atoms with Crippen molar-refractivity contribution < 1.29 is 4.42 Å². The average molecular weight is 721 g/mol. The highest BCUT2D eigenvalue weighted by Crippen LogP contribution is 2.41. The van der Waals surface area contributed by atoms with Crippen LogP contribution in [0.5, 0.6) is 0 Å². The van der Waals surface area contributed by atoms with E-state index in [0.717, 1.165) is 72.7 Å². The molecule has 0 bridgehead atoms. The molecule has 0 amide bonds. The lowest BCUT2D eigenvalue weighted by atomic mass is 9.96. The van der Waals surface area contributed by atoms with Gasteiger partial charge in [-0.1, -0.05) is 152 Å². The van der Waals surface area contributed by atoms with E-state index >= 15 is 0 Å². The third kappa shape index (κ3) is 6.31. The van der Waals surface area contributed by atoms with E-state index in [0.29, 0.717) is 5.84 Å². The third-order valence-corrected chi connectivity index (χ3v) is 10.3. The monoisotopic (exact) mass is 720 g/mol. The first kappa shape index (κ1) is 33.1. The molecule has 2 heterocycles. The zero-order valence-corrected chi connectivity index (χ0v) is 30.5. The molecule has 0 radical (unpaired) electrons. The zero-order valence-electron chi connectivity index (χ0n) is 30.5. The van der Waals surface area contributed by atoms with Crippen LogP contribution in [0.4, 0.5) is 17.1 Å². The van der Waals surface area contributed by atoms with Crippen LogP contribution >= 0.6 is 0 Å². The maximum Gasteiger partial charge on any atom is 0.159 e. The highest BCUT2D eigenvalue weighted by atomic mass is 16.3. The highest BCUT2D eigenvalue weighted by molar-refractivity contribution is 6.18. The summed E-state index contributed by atoms with van der Waals surface area (Å²) in [6.07, 6.45) is -0.308. The third-order valence-electron chi connectivity index (χ3n) is 10.3. The molecule has 9 aromatic rings. The van der Waals surface area contributed by atoms with E-state index in [9.17, 15) is 0 Å². The Morgan fingerprint density at radius 1 is 0.446 bits per heavy atom. The number of furan rings is 1. The minimum absolute atomic E-state index is 0.308. The van der Waals surface area contributed by atoms with Gasteiger partial charge in [0.25, 0.3) is 0 Å². The number of nitrogens with zero attached hydrogens (tertiary/aromatic N) is 3. The number of nitrogens with one attached hydrogen (secondary N) is 1. The van der Waals surface area contributed by atoms with Gasteiger partial charge in [0.05, 0.1) is 0 Å². The quantitative estimate of drug-likeness (QED) is 0.170. The molecule has 0 saturated carbocycles. The molecule has 0 spiro atoms. The predicted molar refractivity (Wildman–Crippen MR) is 231 cm³/mol. The van der Waals surface area contributed by atoms with E-state index in [1.165, 1.54) is 11.1 Å². The second-order valence-corrected chi connectivity index (χ2v) is 13.9. The van der Waals surface area contributed by atoms with Crippen LogP contribution in [0.1, 0.15) is 22.9 Å². The van der Waals surface area contributed by atoms with Crippen LogP contribution in [0.2, 0.25) is 0 Å². The Morgan fingerprint density at radius 3 is 1.80 bits per heavy atom. The number of hydrogen-bond donors (Lipinski definition) is 1. The van der Waals surface area contributed by atoms with Crippen molar-refractivity contribution in [2.24, 2.45) is 9.98 Å². The molecule has 10 rings (SSSR count). The van der Waals surface area contributed by atoms with Gasteiger partial charge in [-0.3, -0.25) is 0 Å². The lowest BCUT2D eigenvalue weighted by Crippen LogP contribution is -2.33. The molecule has 56 heavy (non-hydrogen) atoms. The van der Waals surface area contributed by atoms with Gasteiger partial charge < -0.3 is 14.6 Å². The molecule has 1 atom stereocenters. The molecule has 1 unspecified atom stereocenters. The van der Waals surface area contributed by atoms with Gasteiger partial charge in [0.2, 0.25) is 0 Å². The Hall–Kier alpha value is -7.50. The van der Waals surface area contributed by atoms with Crippen LogP contribution in [-0.2, 0) is 0 Å². The summed E-state index contributed by atoms with van der Waals surface area (Å²) < 4.78 is 6.57. The molecule has 266 valence electrons. The molecule has 5 heteroatoms. The molecule has 5 nitrogen and oxygen atoms in total. The summed E-state index contributed by atoms with van der Waals surface area (Å²) in [5.41, 5.74) is 12.3. The number of amidine groups is 2. The molecular weight excluding hydrogens is 685 g/mol. The Labute approximate surface area is 325 Å². The van der Waals surface area contributed by atoms with Crippen LogP contribution in [-0.4, -0.2) is 11.7 Å². The minimum atomic E-state index is -0.308. The summed E-state index contributed by atoms with van der Waals surface area (Å²) in [6.45, 7) is 0. The van der Waals surface area contributed by atoms with E-state index in [2.05, 4.69) is 168 Å². The molecule has 1 N–H and O–H groups in total. The van der Waals surface area contributed by atoms with Gasteiger partial charge in [0, 0.05) is 39.0 Å². The number of hydrogen-bond acceptors (Lipinski definition) is 5. The topological polar surface area (TPSA) is 53.1 Å². The summed E-state index contributed by atoms with van der Waals surface area (Å²) in [4.78, 5) is 12.6. The first-order valence-electron chi connectivity index (χ1n) is 18.9. The molecule has 0 fully saturated rings. The maximum atomic E-state index is 6.57. The van der Waals surface area contributed by atoms with Crippen molar-refractivity contribution in [1.29, 1.82) is 0 Å². The SMILES string of the molecule is c1ccc(C2=NC(c3cc(-c4ccc(N(c5ccccc5)c5cccc(-c6ccccc6)c5)cc4)c4c(c3)oc3ccccc34)=NC(c3ccccc3)N2)cc1. The Morgan fingerprint density at radius 2 is 1.05 bits per heavy atom. The molecular formula is C51H36N4O. The fourth-order valence-corrected chi connectivity index (χ4v) is 7.61. The minimum Gasteiger partial charge on any atom is -0.456 e. The Balaban J connectivity index is 1.11. The molecule has 8 aromatic carbocycles. The van der Waals surface area contributed by atoms with Gasteiger partial charge in [0.15, 0.2) is 5.84 Å². The summed E-state index contributed by atoms with van der Waals surface area (Å²) in [6, 6.07) is 71.7. The van der Waals surface area contributed by atoms with Crippen molar-refractivity contribution >= 4 is 50.7 Å². The van der Waals surface area contributed by atoms with Gasteiger partial charge in [0.1, 0.15) is 23.2 Å². The van der Waals surface area contributed by atoms with Crippen molar-refractivity contribution in [1.82, 2.24) is 5.32 Å². The Kier molecular flexibility index (Phi) is 8.50. The number of anilines is 3. The largest absolute Gasteiger partial charge is 0.456 e. The van der Waals surface area contributed by atoms with Gasteiger partial charge in [-0.15, -0.1) is 0 Å². The Bertz CT molecular complexity index is 2870. The highest BCUT2D eigenvalue weighted by Gasteiger charge is 2.23. The first-order chi connectivity index (χ1) is 27.7. The van der Waals surface area contributed by atoms with Crippen LogP contribution in [0, 0.1) is 0 Å². The van der Waals surface area contributed by atoms with Gasteiger partial charge in [-0.2, -0.15) is 0 Å². The average Bonchev–Trinajstić information content (AvgIpc) is 3.66. The lowest BCUT2D eigenvalue weighted by Gasteiger charge is -2.26. The van der Waals surface area contributed by atoms with Crippen molar-refractivity contribution in [3.63, 3.8) is 0 Å². The van der Waals surface area contributed by atoms with E-state index in [1.54, 1.807) is 0 Å². The van der Waals surface area contributed by atoms with Crippen LogP contribution in [0.25, 0.3) is 44.2 Å². The van der Waals surface area contributed by atoms with E-state index in [1.807, 2.05) is 48.5 Å². The summed E-state index contributed by atoms with van der Waals surface area (Å²) in [5, 5.41) is 5.71. The second-order valence-electron chi connectivity index (χ2n) is 13.9. The van der Waals surface area contributed by atoms with Crippen LogP contribution in [0.15, 0.2) is 221 Å². The molecule has 1 aliphatic rings. The standard InChI is InChI=1S/C51H36N4O/c1-5-16-35(17-6-1)39-22-15-25-43(32-39)55(41-23-11-4-12-24-41)42-30-28-36(29-31-42)45-33-40(34-47-48(45)44-26-13-14-27-46(44)56-47)51-53-49(37-18-7-2-8-19-37)52-50(54-51)38-20-9-3-10-21-38/h1-34,49H,(H,52,53,54). The molecule has 1 aromatic heterocycles. The van der Waals surface area contributed by atoms with Crippen molar-refractivity contribution in [3.05, 3.63) is 223 Å². The van der Waals surface area contributed by atoms with Gasteiger partial charge in [-0.05, 0) is 82.4 Å². The fourth-order valence-electron chi connectivity index (χ4n) is 7.61. The first-order valence-corrected chi connectivity index (χ1v) is 18.9. The molecule has 0 aliphatic carbocycles.